The maximum absolute atomic E-state index is 12.0. The molecule has 0 aliphatic rings. The van der Waals surface area contributed by atoms with Gasteiger partial charge in [-0.2, -0.15) is 10.2 Å². The number of nitrogens with zero attached hydrogens (tertiary/aromatic N) is 3. The van der Waals surface area contributed by atoms with E-state index in [1.54, 1.807) is 12.3 Å². The second-order valence-electron chi connectivity index (χ2n) is 5.14. The molecular weight excluding hydrogens is 312 g/mol. The highest BCUT2D eigenvalue weighted by Crippen LogP contribution is 2.18. The maximum Gasteiger partial charge on any atom is 0.227 e. The van der Waals surface area contributed by atoms with Gasteiger partial charge in [-0.05, 0) is 19.1 Å². The third kappa shape index (κ3) is 3.54. The van der Waals surface area contributed by atoms with Gasteiger partial charge < -0.3 is 5.32 Å². The molecular formula is C15H16N6OS. The lowest BCUT2D eigenvalue weighted by Crippen LogP contribution is -2.15. The van der Waals surface area contributed by atoms with Crippen LogP contribution in [0, 0.1) is 11.7 Å². The second kappa shape index (κ2) is 6.57. The molecule has 7 nitrogen and oxygen atoms in total. The zero-order valence-corrected chi connectivity index (χ0v) is 13.4. The van der Waals surface area contributed by atoms with Crippen LogP contribution in [0.1, 0.15) is 12.0 Å². The quantitative estimate of drug-likeness (QED) is 0.628. The van der Waals surface area contributed by atoms with Crippen LogP contribution in [0.5, 0.6) is 0 Å². The van der Waals surface area contributed by atoms with Gasteiger partial charge in [-0.1, -0.05) is 29.8 Å². The van der Waals surface area contributed by atoms with E-state index in [4.69, 9.17) is 12.2 Å². The van der Waals surface area contributed by atoms with Crippen molar-refractivity contribution in [2.24, 2.45) is 0 Å². The van der Waals surface area contributed by atoms with Crippen molar-refractivity contribution in [2.45, 2.75) is 19.9 Å². The van der Waals surface area contributed by atoms with Crippen LogP contribution in [-0.2, 0) is 11.3 Å². The number of H-pyrrole nitrogens is 2. The first-order chi connectivity index (χ1) is 11.1. The van der Waals surface area contributed by atoms with Crippen molar-refractivity contribution in [3.63, 3.8) is 0 Å². The van der Waals surface area contributed by atoms with E-state index in [1.165, 1.54) is 5.56 Å². The Morgan fingerprint density at radius 1 is 1.26 bits per heavy atom. The number of hydrogen-bond acceptors (Lipinski definition) is 4. The molecule has 0 spiro atoms. The minimum absolute atomic E-state index is 0.118. The van der Waals surface area contributed by atoms with Crippen molar-refractivity contribution in [1.29, 1.82) is 0 Å². The Morgan fingerprint density at radius 2 is 2.04 bits per heavy atom. The minimum atomic E-state index is -0.118. The molecule has 0 saturated heterocycles. The third-order valence-electron chi connectivity index (χ3n) is 3.41. The Hall–Kier alpha value is -2.74. The number of aromatic amines is 2. The fraction of sp³-hybridized carbons (Fsp3) is 0.200. The minimum Gasteiger partial charge on any atom is -0.311 e. The zero-order valence-electron chi connectivity index (χ0n) is 12.5. The Bertz CT molecular complexity index is 847. The lowest BCUT2D eigenvalue weighted by Gasteiger charge is -2.07. The van der Waals surface area contributed by atoms with E-state index in [0.29, 0.717) is 17.1 Å². The molecule has 23 heavy (non-hydrogen) atoms. The van der Waals surface area contributed by atoms with Crippen molar-refractivity contribution in [3.8, 4) is 11.4 Å². The summed E-state index contributed by atoms with van der Waals surface area (Å²) in [6.45, 7) is 2.47. The summed E-state index contributed by atoms with van der Waals surface area (Å²) >= 11 is 5.26. The number of hydrogen-bond donors (Lipinski definition) is 3. The molecule has 2 aromatic heterocycles. The fourth-order valence-electron chi connectivity index (χ4n) is 2.20. The summed E-state index contributed by atoms with van der Waals surface area (Å²) in [5.74, 6) is 1.18. The van der Waals surface area contributed by atoms with Crippen LogP contribution in [0.2, 0.25) is 0 Å². The number of benzene rings is 1. The van der Waals surface area contributed by atoms with Crippen LogP contribution < -0.4 is 5.32 Å². The maximum atomic E-state index is 12.0. The molecule has 1 amide bonds. The van der Waals surface area contributed by atoms with Crippen molar-refractivity contribution < 1.29 is 4.79 Å². The average molecular weight is 328 g/mol. The highest BCUT2D eigenvalue weighted by molar-refractivity contribution is 7.71. The van der Waals surface area contributed by atoms with Gasteiger partial charge in [0.05, 0.1) is 6.20 Å². The molecule has 1 aromatic carbocycles. The summed E-state index contributed by atoms with van der Waals surface area (Å²) < 4.78 is 2.32. The first-order valence-corrected chi connectivity index (χ1v) is 7.56. The number of carbonyl (C=O) groups is 1. The third-order valence-corrected chi connectivity index (χ3v) is 3.72. The number of carbonyl (C=O) groups excluding carboxylic acids is 1. The summed E-state index contributed by atoms with van der Waals surface area (Å²) in [5.41, 5.74) is 2.13. The van der Waals surface area contributed by atoms with Crippen molar-refractivity contribution in [2.75, 3.05) is 5.32 Å². The van der Waals surface area contributed by atoms with E-state index >= 15 is 0 Å². The number of rotatable bonds is 5. The van der Waals surface area contributed by atoms with Gasteiger partial charge in [-0.15, -0.1) is 0 Å². The number of amides is 1. The predicted octanol–water partition coefficient (Wildman–Crippen LogP) is 2.67. The summed E-state index contributed by atoms with van der Waals surface area (Å²) in [6, 6.07) is 9.70. The molecule has 0 fully saturated rings. The van der Waals surface area contributed by atoms with E-state index < -0.39 is 0 Å². The van der Waals surface area contributed by atoms with Gasteiger partial charge in [-0.3, -0.25) is 19.6 Å². The van der Waals surface area contributed by atoms with Gasteiger partial charge in [0.25, 0.3) is 0 Å². The highest BCUT2D eigenvalue weighted by atomic mass is 32.1. The highest BCUT2D eigenvalue weighted by Gasteiger charge is 2.11. The van der Waals surface area contributed by atoms with Crippen LogP contribution in [0.3, 0.4) is 0 Å². The largest absolute Gasteiger partial charge is 0.311 e. The molecule has 2 heterocycles. The Labute approximate surface area is 137 Å². The monoisotopic (exact) mass is 328 g/mol. The van der Waals surface area contributed by atoms with Crippen molar-refractivity contribution in [3.05, 3.63) is 46.9 Å². The summed E-state index contributed by atoms with van der Waals surface area (Å²) in [7, 11) is 0. The first kappa shape index (κ1) is 15.2. The van der Waals surface area contributed by atoms with Gasteiger partial charge in [0, 0.05) is 24.6 Å². The summed E-state index contributed by atoms with van der Waals surface area (Å²) in [6.07, 6.45) is 1.86. The molecule has 0 bridgehead atoms. The summed E-state index contributed by atoms with van der Waals surface area (Å²) in [5, 5.41) is 16.3. The summed E-state index contributed by atoms with van der Waals surface area (Å²) in [4.78, 5) is 12.0. The van der Waals surface area contributed by atoms with E-state index in [1.807, 2.05) is 35.8 Å². The normalized spacial score (nSPS) is 10.7. The van der Waals surface area contributed by atoms with Crippen LogP contribution in [0.4, 0.5) is 5.82 Å². The molecule has 0 unspecified atom stereocenters. The Morgan fingerprint density at radius 3 is 2.74 bits per heavy atom. The molecule has 3 N–H and O–H groups in total. The predicted molar refractivity (Wildman–Crippen MR) is 89.4 cm³/mol. The van der Waals surface area contributed by atoms with E-state index in [0.717, 1.165) is 11.4 Å². The van der Waals surface area contributed by atoms with Gasteiger partial charge in [-0.25, -0.2) is 0 Å². The Kier molecular flexibility index (Phi) is 4.33. The second-order valence-corrected chi connectivity index (χ2v) is 5.53. The van der Waals surface area contributed by atoms with Crippen LogP contribution in [-0.4, -0.2) is 30.9 Å². The van der Waals surface area contributed by atoms with Crippen molar-refractivity contribution >= 4 is 23.9 Å². The topological polar surface area (TPSA) is 91.4 Å². The fourth-order valence-corrected chi connectivity index (χ4v) is 2.42. The number of aryl methyl sites for hydroxylation is 1. The number of anilines is 1. The van der Waals surface area contributed by atoms with Crippen LogP contribution in [0.25, 0.3) is 11.4 Å². The van der Waals surface area contributed by atoms with Gasteiger partial charge in [0.1, 0.15) is 5.82 Å². The molecule has 0 saturated carbocycles. The molecule has 118 valence electrons. The van der Waals surface area contributed by atoms with Crippen LogP contribution >= 0.6 is 12.2 Å². The molecule has 8 heteroatoms. The molecule has 0 atom stereocenters. The first-order valence-electron chi connectivity index (χ1n) is 7.15. The van der Waals surface area contributed by atoms with Gasteiger partial charge in [0.15, 0.2) is 10.6 Å². The SMILES string of the molecule is Cc1ccc(-c2n[nH]c(=S)n2CCC(=O)Nc2ccn[nH]2)cc1. The average Bonchev–Trinajstić information content (AvgIpc) is 3.16. The van der Waals surface area contributed by atoms with Gasteiger partial charge in [0.2, 0.25) is 5.91 Å². The smallest absolute Gasteiger partial charge is 0.227 e. The zero-order chi connectivity index (χ0) is 16.2. The molecule has 0 aliphatic heterocycles. The van der Waals surface area contributed by atoms with E-state index in [9.17, 15) is 4.79 Å². The van der Waals surface area contributed by atoms with E-state index in [2.05, 4.69) is 25.7 Å². The standard InChI is InChI=1S/C15H16N6OS/c1-10-2-4-11(5-3-10)14-19-20-15(23)21(14)9-7-13(22)17-12-6-8-16-18-12/h2-6,8H,7,9H2,1H3,(H,20,23)(H2,16,17,18,22). The lowest BCUT2D eigenvalue weighted by molar-refractivity contribution is -0.116. The molecule has 3 aromatic rings. The Balaban J connectivity index is 1.73. The van der Waals surface area contributed by atoms with E-state index in [-0.39, 0.29) is 12.3 Å². The molecule has 0 aliphatic carbocycles. The van der Waals surface area contributed by atoms with Gasteiger partial charge >= 0.3 is 0 Å². The number of aromatic nitrogens is 5. The number of nitrogens with one attached hydrogen (secondary N) is 3. The molecule has 0 radical (unpaired) electrons. The van der Waals surface area contributed by atoms with Crippen LogP contribution in [0.15, 0.2) is 36.5 Å². The lowest BCUT2D eigenvalue weighted by atomic mass is 10.1. The van der Waals surface area contributed by atoms with Crippen molar-refractivity contribution in [1.82, 2.24) is 25.0 Å². The molecule has 3 rings (SSSR count).